The molecule has 5 heteroatoms. The topological polar surface area (TPSA) is 24.1 Å². The average molecular weight is 315 g/mol. The average Bonchev–Trinajstić information content (AvgIpc) is 2.22. The fourth-order valence-corrected chi connectivity index (χ4v) is 3.21. The maximum absolute atomic E-state index is 3.47. The number of hydrogen-bond donors (Lipinski definition) is 2. The maximum Gasteiger partial charge on any atom is 0.00581 e. The molecule has 0 aromatic rings. The van der Waals surface area contributed by atoms with E-state index >= 15 is 0 Å². The summed E-state index contributed by atoms with van der Waals surface area (Å²) >= 11 is 4.18. The quantitative estimate of drug-likeness (QED) is 0.714. The minimum absolute atomic E-state index is 0. The number of thioether (sulfide) groups is 2. The van der Waals surface area contributed by atoms with E-state index < -0.39 is 0 Å². The molecule has 0 spiro atoms. The Labute approximate surface area is 113 Å². The zero-order valence-corrected chi connectivity index (χ0v) is 12.6. The molecule has 1 heterocycles. The van der Waals surface area contributed by atoms with Crippen LogP contribution in [0.2, 0.25) is 0 Å². The van der Waals surface area contributed by atoms with Crippen molar-refractivity contribution < 1.29 is 0 Å². The van der Waals surface area contributed by atoms with Crippen LogP contribution in [0.25, 0.3) is 0 Å². The van der Waals surface area contributed by atoms with Crippen LogP contribution in [-0.2, 0) is 0 Å². The molecule has 92 valence electrons. The van der Waals surface area contributed by atoms with Gasteiger partial charge in [0.05, 0.1) is 0 Å². The predicted molar refractivity (Wildman–Crippen MR) is 79.9 cm³/mol. The molecule has 2 nitrogen and oxygen atoms in total. The molecule has 1 aliphatic rings. The molecule has 0 aliphatic carbocycles. The molecule has 1 saturated heterocycles. The second-order valence-corrected chi connectivity index (χ2v) is 5.88. The van der Waals surface area contributed by atoms with Crippen LogP contribution in [0.5, 0.6) is 0 Å². The van der Waals surface area contributed by atoms with Crippen LogP contribution in [-0.4, -0.2) is 49.2 Å². The Morgan fingerprint density at radius 3 is 1.67 bits per heavy atom. The summed E-state index contributed by atoms with van der Waals surface area (Å²) in [6.07, 6.45) is 2.63. The van der Waals surface area contributed by atoms with E-state index in [0.29, 0.717) is 0 Å². The van der Waals surface area contributed by atoms with E-state index in [1.54, 1.807) is 0 Å². The molecule has 15 heavy (non-hydrogen) atoms. The molecule has 0 amide bonds. The van der Waals surface area contributed by atoms with Gasteiger partial charge in [-0.2, -0.15) is 23.5 Å². The second kappa shape index (κ2) is 13.2. The lowest BCUT2D eigenvalue weighted by Crippen LogP contribution is -2.25. The zero-order valence-electron chi connectivity index (χ0n) is 9.30. The minimum Gasteiger partial charge on any atom is -0.316 e. The highest BCUT2D eigenvalue weighted by Crippen LogP contribution is 2.07. The number of halogens is 1. The molecule has 0 unspecified atom stereocenters. The van der Waals surface area contributed by atoms with E-state index in [1.165, 1.54) is 62.0 Å². The highest BCUT2D eigenvalue weighted by atomic mass is 79.9. The van der Waals surface area contributed by atoms with Gasteiger partial charge in [-0.05, 0) is 37.4 Å². The van der Waals surface area contributed by atoms with Crippen LogP contribution < -0.4 is 10.6 Å². The molecular weight excluding hydrogens is 292 g/mol. The van der Waals surface area contributed by atoms with Crippen LogP contribution >= 0.6 is 40.5 Å². The molecule has 1 aliphatic heterocycles. The third-order valence-electron chi connectivity index (χ3n) is 2.13. The Morgan fingerprint density at radius 1 is 0.600 bits per heavy atom. The molecule has 1 rings (SSSR count). The monoisotopic (exact) mass is 314 g/mol. The Hall–Kier alpha value is 1.10. The van der Waals surface area contributed by atoms with E-state index in [0.717, 1.165) is 0 Å². The van der Waals surface area contributed by atoms with E-state index in [4.69, 9.17) is 0 Å². The summed E-state index contributed by atoms with van der Waals surface area (Å²) in [6.45, 7) is 4.69. The van der Waals surface area contributed by atoms with Gasteiger partial charge < -0.3 is 10.6 Å². The van der Waals surface area contributed by atoms with Crippen molar-refractivity contribution in [1.82, 2.24) is 10.6 Å². The van der Waals surface area contributed by atoms with Crippen molar-refractivity contribution in [1.29, 1.82) is 0 Å². The first-order valence-electron chi connectivity index (χ1n) is 5.57. The summed E-state index contributed by atoms with van der Waals surface area (Å²) in [5, 5.41) is 6.95. The molecule has 0 saturated carbocycles. The summed E-state index contributed by atoms with van der Waals surface area (Å²) in [5.41, 5.74) is 0. The Morgan fingerprint density at radius 2 is 1.13 bits per heavy atom. The smallest absolute Gasteiger partial charge is 0.00581 e. The number of rotatable bonds is 0. The summed E-state index contributed by atoms with van der Waals surface area (Å²) in [7, 11) is 0. The Bertz CT molecular complexity index is 74.7. The van der Waals surface area contributed by atoms with Crippen molar-refractivity contribution in [3.8, 4) is 0 Å². The van der Waals surface area contributed by atoms with Gasteiger partial charge in [0, 0.05) is 24.6 Å². The van der Waals surface area contributed by atoms with Gasteiger partial charge in [0.25, 0.3) is 0 Å². The number of nitrogens with one attached hydrogen (secondary N) is 2. The molecular formula is C10H23BrN2S2. The van der Waals surface area contributed by atoms with Crippen molar-refractivity contribution in [2.45, 2.75) is 12.8 Å². The Balaban J connectivity index is 0.00000196. The highest BCUT2D eigenvalue weighted by Gasteiger charge is 1.94. The normalized spacial score (nSPS) is 22.4. The van der Waals surface area contributed by atoms with E-state index in [1.807, 2.05) is 0 Å². The van der Waals surface area contributed by atoms with Crippen LogP contribution in [0, 0.1) is 0 Å². The predicted octanol–water partition coefficient (Wildman–Crippen LogP) is 2.00. The second-order valence-electron chi connectivity index (χ2n) is 3.43. The van der Waals surface area contributed by atoms with Gasteiger partial charge in [-0.25, -0.2) is 0 Å². The van der Waals surface area contributed by atoms with E-state index in [2.05, 4.69) is 34.2 Å². The standard InChI is InChI=1S/C10H22N2S2.BrH/c1-3-11-5-9-13-7-2-8-14-10-6-12-4-1;/h11-12H,1-10H2;1H. The number of hydrogen-bond acceptors (Lipinski definition) is 4. The van der Waals surface area contributed by atoms with Gasteiger partial charge in [0.2, 0.25) is 0 Å². The van der Waals surface area contributed by atoms with E-state index in [9.17, 15) is 0 Å². The molecule has 0 aromatic heterocycles. The first-order chi connectivity index (χ1) is 7.00. The van der Waals surface area contributed by atoms with Crippen molar-refractivity contribution in [3.05, 3.63) is 0 Å². The van der Waals surface area contributed by atoms with Crippen LogP contribution in [0.4, 0.5) is 0 Å². The SMILES string of the molecule is Br.C1CNCCSCCCSCCNC1. The van der Waals surface area contributed by atoms with Gasteiger partial charge in [0.15, 0.2) is 0 Å². The lowest BCUT2D eigenvalue weighted by atomic mass is 10.4. The third kappa shape index (κ3) is 11.4. The van der Waals surface area contributed by atoms with Crippen molar-refractivity contribution in [2.75, 3.05) is 49.2 Å². The fourth-order valence-electron chi connectivity index (χ4n) is 1.34. The summed E-state index contributed by atoms with van der Waals surface area (Å²) in [5.74, 6) is 5.22. The van der Waals surface area contributed by atoms with Gasteiger partial charge >= 0.3 is 0 Å². The molecule has 0 aromatic carbocycles. The minimum atomic E-state index is 0. The zero-order chi connectivity index (χ0) is 9.90. The van der Waals surface area contributed by atoms with E-state index in [-0.39, 0.29) is 17.0 Å². The van der Waals surface area contributed by atoms with Gasteiger partial charge in [-0.1, -0.05) is 0 Å². The fraction of sp³-hybridized carbons (Fsp3) is 1.00. The van der Waals surface area contributed by atoms with Crippen LogP contribution in [0.3, 0.4) is 0 Å². The van der Waals surface area contributed by atoms with Gasteiger partial charge in [0.1, 0.15) is 0 Å². The molecule has 0 atom stereocenters. The van der Waals surface area contributed by atoms with Crippen LogP contribution in [0.15, 0.2) is 0 Å². The third-order valence-corrected chi connectivity index (χ3v) is 4.27. The Kier molecular flexibility index (Phi) is 14.1. The highest BCUT2D eigenvalue weighted by molar-refractivity contribution is 8.93. The first kappa shape index (κ1) is 16.1. The molecule has 1 fully saturated rings. The van der Waals surface area contributed by atoms with Gasteiger partial charge in [-0.15, -0.1) is 17.0 Å². The molecule has 2 N–H and O–H groups in total. The summed E-state index contributed by atoms with van der Waals surface area (Å²) < 4.78 is 0. The maximum atomic E-state index is 3.47. The lowest BCUT2D eigenvalue weighted by Gasteiger charge is -2.08. The largest absolute Gasteiger partial charge is 0.316 e. The molecule has 0 bridgehead atoms. The summed E-state index contributed by atoms with van der Waals surface area (Å²) in [4.78, 5) is 0. The van der Waals surface area contributed by atoms with Gasteiger partial charge in [-0.3, -0.25) is 0 Å². The van der Waals surface area contributed by atoms with Crippen molar-refractivity contribution >= 4 is 40.5 Å². The van der Waals surface area contributed by atoms with Crippen molar-refractivity contribution in [2.24, 2.45) is 0 Å². The summed E-state index contributed by atoms with van der Waals surface area (Å²) in [6, 6.07) is 0. The van der Waals surface area contributed by atoms with Crippen LogP contribution in [0.1, 0.15) is 12.8 Å². The van der Waals surface area contributed by atoms with Crippen molar-refractivity contribution in [3.63, 3.8) is 0 Å². The lowest BCUT2D eigenvalue weighted by molar-refractivity contribution is 0.622. The molecule has 0 radical (unpaired) electrons. The first-order valence-corrected chi connectivity index (χ1v) is 7.88.